The van der Waals surface area contributed by atoms with Crippen LogP contribution in [-0.2, 0) is 13.1 Å². The van der Waals surface area contributed by atoms with Gasteiger partial charge in [-0.25, -0.2) is 0 Å². The van der Waals surface area contributed by atoms with Crippen molar-refractivity contribution in [2.45, 2.75) is 13.1 Å². The smallest absolute Gasteiger partial charge is 0.254 e. The number of nitrogen functional groups attached to an aromatic ring is 1. The van der Waals surface area contributed by atoms with E-state index in [9.17, 15) is 4.79 Å². The Morgan fingerprint density at radius 3 is 2.74 bits per heavy atom. The molecule has 96 valence electrons. The Labute approximate surface area is 125 Å². The Kier molecular flexibility index (Phi) is 3.18. The predicted octanol–water partition coefficient (Wildman–Crippen LogP) is 3.03. The molecule has 2 N–H and O–H groups in total. The fourth-order valence-corrected chi connectivity index (χ4v) is 3.19. The molecule has 0 aliphatic carbocycles. The second kappa shape index (κ2) is 4.85. The Hall–Kier alpha value is -1.56. The standard InChI is InChI=1S/C15H13IN2O/c16-12-5-10(6-13(17)7-12)8-18-9-11-3-1-2-4-14(11)15(18)19/h1-7H,8-9,17H2. The molecule has 0 saturated carbocycles. The number of fused-ring (bicyclic) bond motifs is 1. The molecule has 0 spiro atoms. The van der Waals surface area contributed by atoms with Crippen molar-refractivity contribution in [1.29, 1.82) is 0 Å². The van der Waals surface area contributed by atoms with Gasteiger partial charge >= 0.3 is 0 Å². The minimum atomic E-state index is 0.105. The highest BCUT2D eigenvalue weighted by atomic mass is 127. The van der Waals surface area contributed by atoms with Gasteiger partial charge in [0.15, 0.2) is 0 Å². The maximum atomic E-state index is 12.3. The quantitative estimate of drug-likeness (QED) is 0.658. The molecular weight excluding hydrogens is 351 g/mol. The van der Waals surface area contributed by atoms with Gasteiger partial charge < -0.3 is 10.6 Å². The van der Waals surface area contributed by atoms with Crippen LogP contribution in [0.15, 0.2) is 42.5 Å². The van der Waals surface area contributed by atoms with Crippen LogP contribution < -0.4 is 5.73 Å². The van der Waals surface area contributed by atoms with Crippen LogP contribution in [0.4, 0.5) is 5.69 Å². The summed E-state index contributed by atoms with van der Waals surface area (Å²) >= 11 is 2.24. The molecule has 1 heterocycles. The molecule has 0 fully saturated rings. The molecule has 4 heteroatoms. The number of nitrogens with zero attached hydrogens (tertiary/aromatic N) is 1. The average Bonchev–Trinajstić information content (AvgIpc) is 2.66. The summed E-state index contributed by atoms with van der Waals surface area (Å²) in [5.74, 6) is 0.105. The van der Waals surface area contributed by atoms with Gasteiger partial charge in [-0.3, -0.25) is 4.79 Å². The molecule has 0 radical (unpaired) electrons. The van der Waals surface area contributed by atoms with Crippen molar-refractivity contribution < 1.29 is 4.79 Å². The predicted molar refractivity (Wildman–Crippen MR) is 83.6 cm³/mol. The fourth-order valence-electron chi connectivity index (χ4n) is 2.43. The Balaban J connectivity index is 1.85. The van der Waals surface area contributed by atoms with Gasteiger partial charge in [-0.15, -0.1) is 0 Å². The number of rotatable bonds is 2. The van der Waals surface area contributed by atoms with Gasteiger partial charge in [-0.05, 0) is 58.0 Å². The number of carbonyl (C=O) groups is 1. The highest BCUT2D eigenvalue weighted by molar-refractivity contribution is 14.1. The van der Waals surface area contributed by atoms with Crippen molar-refractivity contribution >= 4 is 34.2 Å². The lowest BCUT2D eigenvalue weighted by molar-refractivity contribution is 0.0766. The zero-order valence-corrected chi connectivity index (χ0v) is 12.4. The van der Waals surface area contributed by atoms with Crippen molar-refractivity contribution in [3.63, 3.8) is 0 Å². The molecule has 19 heavy (non-hydrogen) atoms. The van der Waals surface area contributed by atoms with Crippen LogP contribution >= 0.6 is 22.6 Å². The van der Waals surface area contributed by atoms with E-state index in [4.69, 9.17) is 5.73 Å². The van der Waals surface area contributed by atoms with Crippen LogP contribution in [0.3, 0.4) is 0 Å². The lowest BCUT2D eigenvalue weighted by atomic mass is 10.1. The minimum absolute atomic E-state index is 0.105. The second-order valence-corrected chi connectivity index (χ2v) is 5.96. The lowest BCUT2D eigenvalue weighted by Crippen LogP contribution is -2.23. The minimum Gasteiger partial charge on any atom is -0.399 e. The summed E-state index contributed by atoms with van der Waals surface area (Å²) in [6, 6.07) is 13.7. The molecule has 0 atom stereocenters. The molecule has 1 aliphatic rings. The third kappa shape index (κ3) is 2.45. The largest absolute Gasteiger partial charge is 0.399 e. The van der Waals surface area contributed by atoms with Crippen molar-refractivity contribution in [2.24, 2.45) is 0 Å². The van der Waals surface area contributed by atoms with E-state index in [1.165, 1.54) is 0 Å². The summed E-state index contributed by atoms with van der Waals surface area (Å²) in [7, 11) is 0. The molecular formula is C15H13IN2O. The number of carbonyl (C=O) groups excluding carboxylic acids is 1. The third-order valence-electron chi connectivity index (χ3n) is 3.25. The van der Waals surface area contributed by atoms with Crippen molar-refractivity contribution in [1.82, 2.24) is 4.90 Å². The van der Waals surface area contributed by atoms with Crippen molar-refractivity contribution in [3.05, 3.63) is 62.7 Å². The van der Waals surface area contributed by atoms with Crippen molar-refractivity contribution in [3.8, 4) is 0 Å². The molecule has 1 amide bonds. The van der Waals surface area contributed by atoms with Crippen LogP contribution in [0.1, 0.15) is 21.5 Å². The number of anilines is 1. The molecule has 0 unspecified atom stereocenters. The van der Waals surface area contributed by atoms with Crippen LogP contribution in [-0.4, -0.2) is 10.8 Å². The summed E-state index contributed by atoms with van der Waals surface area (Å²) < 4.78 is 1.09. The number of hydrogen-bond donors (Lipinski definition) is 1. The van der Waals surface area contributed by atoms with E-state index in [2.05, 4.69) is 28.7 Å². The summed E-state index contributed by atoms with van der Waals surface area (Å²) in [6.45, 7) is 1.29. The lowest BCUT2D eigenvalue weighted by Gasteiger charge is -2.16. The molecule has 0 aromatic heterocycles. The highest BCUT2D eigenvalue weighted by Gasteiger charge is 2.26. The summed E-state index contributed by atoms with van der Waals surface area (Å²) in [6.07, 6.45) is 0. The zero-order valence-electron chi connectivity index (χ0n) is 10.3. The van der Waals surface area contributed by atoms with Gasteiger partial charge in [0.25, 0.3) is 5.91 Å². The second-order valence-electron chi connectivity index (χ2n) is 4.71. The SMILES string of the molecule is Nc1cc(I)cc(CN2Cc3ccccc3C2=O)c1. The maximum absolute atomic E-state index is 12.3. The molecule has 0 bridgehead atoms. The first kappa shape index (κ1) is 12.5. The van der Waals surface area contributed by atoms with Crippen molar-refractivity contribution in [2.75, 3.05) is 5.73 Å². The highest BCUT2D eigenvalue weighted by Crippen LogP contribution is 2.25. The molecule has 0 saturated heterocycles. The van der Waals surface area contributed by atoms with E-state index in [0.29, 0.717) is 13.1 Å². The molecule has 2 aromatic carbocycles. The van der Waals surface area contributed by atoms with Gasteiger partial charge in [0.2, 0.25) is 0 Å². The summed E-state index contributed by atoms with van der Waals surface area (Å²) in [5, 5.41) is 0. The first-order valence-corrected chi connectivity index (χ1v) is 7.13. The number of benzene rings is 2. The van der Waals surface area contributed by atoms with Gasteiger partial charge in [0.05, 0.1) is 0 Å². The zero-order chi connectivity index (χ0) is 13.4. The molecule has 3 nitrogen and oxygen atoms in total. The van der Waals surface area contributed by atoms with E-state index in [0.717, 1.165) is 25.9 Å². The first-order chi connectivity index (χ1) is 9.13. The van der Waals surface area contributed by atoms with Crippen LogP contribution in [0.25, 0.3) is 0 Å². The Morgan fingerprint density at radius 2 is 2.00 bits per heavy atom. The van der Waals surface area contributed by atoms with Gasteiger partial charge in [0.1, 0.15) is 0 Å². The normalized spacial score (nSPS) is 13.7. The monoisotopic (exact) mass is 364 g/mol. The van der Waals surface area contributed by atoms with E-state index in [1.54, 1.807) is 0 Å². The Morgan fingerprint density at radius 1 is 1.21 bits per heavy atom. The molecule has 2 aromatic rings. The fraction of sp³-hybridized carbons (Fsp3) is 0.133. The van der Waals surface area contributed by atoms with Gasteiger partial charge in [-0.2, -0.15) is 0 Å². The maximum Gasteiger partial charge on any atom is 0.254 e. The van der Waals surface area contributed by atoms with E-state index in [1.807, 2.05) is 41.3 Å². The van der Waals surface area contributed by atoms with E-state index >= 15 is 0 Å². The molecule has 1 aliphatic heterocycles. The third-order valence-corrected chi connectivity index (χ3v) is 3.87. The Bertz CT molecular complexity index is 634. The van der Waals surface area contributed by atoms with Gasteiger partial charge in [-0.1, -0.05) is 18.2 Å². The van der Waals surface area contributed by atoms with Crippen LogP contribution in [0.2, 0.25) is 0 Å². The number of amides is 1. The van der Waals surface area contributed by atoms with E-state index in [-0.39, 0.29) is 5.91 Å². The number of nitrogens with two attached hydrogens (primary N) is 1. The first-order valence-electron chi connectivity index (χ1n) is 6.05. The molecule has 3 rings (SSSR count). The average molecular weight is 364 g/mol. The topological polar surface area (TPSA) is 46.3 Å². The van der Waals surface area contributed by atoms with Crippen LogP contribution in [0.5, 0.6) is 0 Å². The van der Waals surface area contributed by atoms with Crippen LogP contribution in [0, 0.1) is 3.57 Å². The number of hydrogen-bond acceptors (Lipinski definition) is 2. The van der Waals surface area contributed by atoms with E-state index < -0.39 is 0 Å². The van der Waals surface area contributed by atoms with Gasteiger partial charge in [0, 0.05) is 27.9 Å². The summed E-state index contributed by atoms with van der Waals surface area (Å²) in [5.41, 5.74) is 9.58. The number of halogens is 1. The summed E-state index contributed by atoms with van der Waals surface area (Å²) in [4.78, 5) is 14.1.